The highest BCUT2D eigenvalue weighted by atomic mass is 16.5. The average molecular weight is 392 g/mol. The number of furan rings is 1. The molecule has 0 radical (unpaired) electrons. The molecule has 1 fully saturated rings. The lowest BCUT2D eigenvalue weighted by molar-refractivity contribution is -0.0459. The Hall–Kier alpha value is -3.00. The van der Waals surface area contributed by atoms with Crippen molar-refractivity contribution in [2.45, 2.75) is 31.8 Å². The number of hydrogen-bond donors (Lipinski definition) is 2. The molecule has 7 nitrogen and oxygen atoms in total. The number of para-hydroxylation sites is 2. The average Bonchev–Trinajstić information content (AvgIpc) is 3.29. The SMILES string of the molecule is Cc1cn([C@H]2C[C@H](O)[C@@H](CO)O2)c(=O)nc1-c1cccc2c1oc1ccccc12. The van der Waals surface area contributed by atoms with E-state index in [0.29, 0.717) is 11.3 Å². The maximum atomic E-state index is 12.8. The van der Waals surface area contributed by atoms with E-state index >= 15 is 0 Å². The van der Waals surface area contributed by atoms with Gasteiger partial charge in [-0.05, 0) is 24.6 Å². The second kappa shape index (κ2) is 6.81. The van der Waals surface area contributed by atoms with Crippen molar-refractivity contribution in [3.63, 3.8) is 0 Å². The quantitative estimate of drug-likeness (QED) is 0.556. The minimum absolute atomic E-state index is 0.227. The Labute approximate surface area is 165 Å². The van der Waals surface area contributed by atoms with Gasteiger partial charge >= 0.3 is 5.69 Å². The highest BCUT2D eigenvalue weighted by Gasteiger charge is 2.35. The number of aromatic nitrogens is 2. The topological polar surface area (TPSA) is 97.7 Å². The summed E-state index contributed by atoms with van der Waals surface area (Å²) in [5.41, 5.74) is 3.07. The van der Waals surface area contributed by atoms with E-state index in [-0.39, 0.29) is 13.0 Å². The maximum Gasteiger partial charge on any atom is 0.350 e. The molecule has 0 unspecified atom stereocenters. The van der Waals surface area contributed by atoms with Gasteiger partial charge in [0.25, 0.3) is 0 Å². The first kappa shape index (κ1) is 18.1. The fraction of sp³-hybridized carbons (Fsp3) is 0.273. The van der Waals surface area contributed by atoms with Gasteiger partial charge in [0.2, 0.25) is 0 Å². The molecular formula is C22H20N2O5. The predicted octanol–water partition coefficient (Wildman–Crippen LogP) is 2.76. The summed E-state index contributed by atoms with van der Waals surface area (Å²) in [5, 5.41) is 21.2. The molecule has 4 aromatic rings. The van der Waals surface area contributed by atoms with Gasteiger partial charge in [-0.15, -0.1) is 0 Å². The van der Waals surface area contributed by atoms with Crippen molar-refractivity contribution < 1.29 is 19.4 Å². The van der Waals surface area contributed by atoms with Crippen LogP contribution in [-0.2, 0) is 4.74 Å². The lowest BCUT2D eigenvalue weighted by Crippen LogP contribution is -2.28. The smallest absolute Gasteiger partial charge is 0.350 e. The summed E-state index contributed by atoms with van der Waals surface area (Å²) >= 11 is 0. The van der Waals surface area contributed by atoms with Crippen LogP contribution in [0.25, 0.3) is 33.2 Å². The predicted molar refractivity (Wildman–Crippen MR) is 108 cm³/mol. The summed E-state index contributed by atoms with van der Waals surface area (Å²) < 4.78 is 13.0. The van der Waals surface area contributed by atoms with Crippen molar-refractivity contribution in [1.82, 2.24) is 9.55 Å². The fourth-order valence-corrected chi connectivity index (χ4v) is 4.03. The van der Waals surface area contributed by atoms with E-state index in [2.05, 4.69) is 4.98 Å². The lowest BCUT2D eigenvalue weighted by Gasteiger charge is -2.16. The molecule has 0 saturated carbocycles. The standard InChI is InChI=1S/C22H20N2O5/c1-12-10-24(19-9-16(26)18(11-25)28-19)22(27)23-20(12)15-7-4-6-14-13-5-2-3-8-17(13)29-21(14)15/h2-8,10,16,18-19,25-26H,9,11H2,1H3/t16-,18+,19+/m0/s1. The molecule has 7 heteroatoms. The van der Waals surface area contributed by atoms with E-state index in [0.717, 1.165) is 27.5 Å². The number of benzene rings is 2. The third-order valence-corrected chi connectivity index (χ3v) is 5.49. The van der Waals surface area contributed by atoms with Crippen molar-refractivity contribution in [2.24, 2.45) is 0 Å². The molecule has 1 aliphatic rings. The van der Waals surface area contributed by atoms with E-state index in [1.165, 1.54) is 4.57 Å². The Morgan fingerprint density at radius 1 is 1.17 bits per heavy atom. The lowest BCUT2D eigenvalue weighted by atomic mass is 10.0. The third-order valence-electron chi connectivity index (χ3n) is 5.49. The van der Waals surface area contributed by atoms with Crippen LogP contribution in [0, 0.1) is 6.92 Å². The highest BCUT2D eigenvalue weighted by molar-refractivity contribution is 6.09. The Balaban J connectivity index is 1.63. The van der Waals surface area contributed by atoms with Gasteiger partial charge in [-0.3, -0.25) is 4.57 Å². The summed E-state index contributed by atoms with van der Waals surface area (Å²) in [4.78, 5) is 17.1. The maximum absolute atomic E-state index is 12.8. The molecule has 5 rings (SSSR count). The van der Waals surface area contributed by atoms with Gasteiger partial charge in [0, 0.05) is 29.0 Å². The van der Waals surface area contributed by atoms with Crippen molar-refractivity contribution >= 4 is 21.9 Å². The summed E-state index contributed by atoms with van der Waals surface area (Å²) in [6, 6.07) is 13.6. The number of ether oxygens (including phenoxy) is 1. The van der Waals surface area contributed by atoms with Crippen LogP contribution in [0.3, 0.4) is 0 Å². The third kappa shape index (κ3) is 2.86. The zero-order chi connectivity index (χ0) is 20.1. The largest absolute Gasteiger partial charge is 0.455 e. The number of aliphatic hydroxyl groups excluding tert-OH is 2. The molecule has 0 bridgehead atoms. The number of rotatable bonds is 3. The van der Waals surface area contributed by atoms with Crippen LogP contribution in [-0.4, -0.2) is 38.6 Å². The molecule has 1 aliphatic heterocycles. The molecule has 2 aromatic heterocycles. The van der Waals surface area contributed by atoms with Crippen LogP contribution in [0.2, 0.25) is 0 Å². The van der Waals surface area contributed by atoms with Crippen molar-refractivity contribution in [3.05, 3.63) is 64.7 Å². The van der Waals surface area contributed by atoms with Gasteiger partial charge in [0.15, 0.2) is 0 Å². The number of aliphatic hydroxyl groups is 2. The zero-order valence-electron chi connectivity index (χ0n) is 15.8. The van der Waals surface area contributed by atoms with Gasteiger partial charge in [0.05, 0.1) is 18.4 Å². The Morgan fingerprint density at radius 2 is 1.97 bits per heavy atom. The van der Waals surface area contributed by atoms with Gasteiger partial charge in [-0.25, -0.2) is 4.79 Å². The molecule has 0 spiro atoms. The Kier molecular flexibility index (Phi) is 4.24. The van der Waals surface area contributed by atoms with Crippen LogP contribution in [0.4, 0.5) is 0 Å². The molecule has 3 heterocycles. The van der Waals surface area contributed by atoms with Gasteiger partial charge in [-0.2, -0.15) is 4.98 Å². The molecule has 0 amide bonds. The second-order valence-corrected chi connectivity index (χ2v) is 7.36. The summed E-state index contributed by atoms with van der Waals surface area (Å²) in [7, 11) is 0. The molecule has 1 saturated heterocycles. The van der Waals surface area contributed by atoms with Crippen molar-refractivity contribution in [3.8, 4) is 11.3 Å². The summed E-state index contributed by atoms with van der Waals surface area (Å²) in [5.74, 6) is 0. The summed E-state index contributed by atoms with van der Waals surface area (Å²) in [6.45, 7) is 1.57. The van der Waals surface area contributed by atoms with E-state index < -0.39 is 24.1 Å². The van der Waals surface area contributed by atoms with Gasteiger partial charge in [-0.1, -0.05) is 30.3 Å². The molecule has 2 N–H and O–H groups in total. The molecule has 0 aliphatic carbocycles. The number of aryl methyl sites for hydroxylation is 1. The minimum Gasteiger partial charge on any atom is -0.455 e. The minimum atomic E-state index is -0.818. The van der Waals surface area contributed by atoms with E-state index in [1.807, 2.05) is 49.4 Å². The monoisotopic (exact) mass is 392 g/mol. The number of nitrogens with zero attached hydrogens (tertiary/aromatic N) is 2. The molecule has 148 valence electrons. The van der Waals surface area contributed by atoms with E-state index in [4.69, 9.17) is 9.15 Å². The molecular weight excluding hydrogens is 372 g/mol. The number of fused-ring (bicyclic) bond motifs is 3. The van der Waals surface area contributed by atoms with Crippen LogP contribution in [0.1, 0.15) is 18.2 Å². The molecule has 29 heavy (non-hydrogen) atoms. The van der Waals surface area contributed by atoms with Crippen LogP contribution in [0.15, 0.2) is 57.9 Å². The fourth-order valence-electron chi connectivity index (χ4n) is 4.03. The number of hydrogen-bond acceptors (Lipinski definition) is 6. The van der Waals surface area contributed by atoms with Crippen LogP contribution < -0.4 is 5.69 Å². The second-order valence-electron chi connectivity index (χ2n) is 7.36. The Morgan fingerprint density at radius 3 is 2.76 bits per heavy atom. The van der Waals surface area contributed by atoms with Crippen molar-refractivity contribution in [1.29, 1.82) is 0 Å². The highest BCUT2D eigenvalue weighted by Crippen LogP contribution is 2.36. The molecule has 2 aromatic carbocycles. The van der Waals surface area contributed by atoms with Crippen LogP contribution >= 0.6 is 0 Å². The van der Waals surface area contributed by atoms with Crippen LogP contribution in [0.5, 0.6) is 0 Å². The van der Waals surface area contributed by atoms with Crippen molar-refractivity contribution in [2.75, 3.05) is 6.61 Å². The first-order chi connectivity index (χ1) is 14.1. The normalized spacial score (nSPS) is 22.0. The first-order valence-corrected chi connectivity index (χ1v) is 9.51. The molecule has 3 atom stereocenters. The van der Waals surface area contributed by atoms with E-state index in [1.54, 1.807) is 6.20 Å². The Bertz CT molecular complexity index is 1280. The summed E-state index contributed by atoms with van der Waals surface area (Å²) in [6.07, 6.45) is -0.261. The first-order valence-electron chi connectivity index (χ1n) is 9.51. The van der Waals surface area contributed by atoms with Gasteiger partial charge < -0.3 is 19.4 Å². The van der Waals surface area contributed by atoms with Gasteiger partial charge in [0.1, 0.15) is 23.5 Å². The van der Waals surface area contributed by atoms with E-state index in [9.17, 15) is 15.0 Å². The zero-order valence-corrected chi connectivity index (χ0v) is 15.8.